The summed E-state index contributed by atoms with van der Waals surface area (Å²) in [7, 11) is 3.28. The van der Waals surface area contributed by atoms with E-state index in [2.05, 4.69) is 27.0 Å². The first-order chi connectivity index (χ1) is 12.2. The standard InChI is InChI=1S/C19H36N4O2.HI/c1-16-14-23(15-17(16)18(24)25-3)19(20-2)21-10-6-4-7-11-22-12-8-5-9-13-22;/h16-17H,4-15H2,1-3H3,(H,20,21);1H. The van der Waals surface area contributed by atoms with Gasteiger partial charge in [-0.05, 0) is 51.2 Å². The maximum atomic E-state index is 11.8. The zero-order chi connectivity index (χ0) is 18.1. The average Bonchev–Trinajstić information content (AvgIpc) is 3.03. The third-order valence-electron chi connectivity index (χ3n) is 5.51. The van der Waals surface area contributed by atoms with Gasteiger partial charge in [0.1, 0.15) is 0 Å². The Morgan fingerprint density at radius 3 is 2.54 bits per heavy atom. The predicted molar refractivity (Wildman–Crippen MR) is 117 cm³/mol. The van der Waals surface area contributed by atoms with Crippen molar-refractivity contribution in [2.24, 2.45) is 16.8 Å². The summed E-state index contributed by atoms with van der Waals surface area (Å²) in [6.45, 7) is 8.44. The van der Waals surface area contributed by atoms with Gasteiger partial charge in [-0.3, -0.25) is 9.79 Å². The topological polar surface area (TPSA) is 57.2 Å². The Hall–Kier alpha value is -0.570. The molecule has 0 radical (unpaired) electrons. The van der Waals surface area contributed by atoms with E-state index in [1.165, 1.54) is 58.8 Å². The summed E-state index contributed by atoms with van der Waals surface area (Å²) < 4.78 is 4.91. The number of hydrogen-bond acceptors (Lipinski definition) is 4. The van der Waals surface area contributed by atoms with Crippen molar-refractivity contribution in [2.75, 3.05) is 53.4 Å². The van der Waals surface area contributed by atoms with Crippen LogP contribution < -0.4 is 5.32 Å². The van der Waals surface area contributed by atoms with Gasteiger partial charge in [-0.15, -0.1) is 24.0 Å². The lowest BCUT2D eigenvalue weighted by Gasteiger charge is -2.26. The highest BCUT2D eigenvalue weighted by molar-refractivity contribution is 14.0. The Morgan fingerprint density at radius 2 is 1.88 bits per heavy atom. The van der Waals surface area contributed by atoms with Crippen LogP contribution in [0.15, 0.2) is 4.99 Å². The molecule has 6 nitrogen and oxygen atoms in total. The number of likely N-dealkylation sites (tertiary alicyclic amines) is 2. The minimum atomic E-state index is -0.108. The Kier molecular flexibility index (Phi) is 11.5. The molecule has 152 valence electrons. The van der Waals surface area contributed by atoms with Gasteiger partial charge in [0.25, 0.3) is 0 Å². The van der Waals surface area contributed by atoms with Crippen LogP contribution >= 0.6 is 24.0 Å². The normalized spacial score (nSPS) is 24.3. The molecular formula is C19H37IN4O2. The maximum absolute atomic E-state index is 11.8. The highest BCUT2D eigenvalue weighted by Crippen LogP contribution is 2.24. The molecule has 2 heterocycles. The Morgan fingerprint density at radius 1 is 1.15 bits per heavy atom. The highest BCUT2D eigenvalue weighted by Gasteiger charge is 2.36. The van der Waals surface area contributed by atoms with Crippen LogP contribution in [0, 0.1) is 11.8 Å². The van der Waals surface area contributed by atoms with Crippen molar-refractivity contribution < 1.29 is 9.53 Å². The fraction of sp³-hybridized carbons (Fsp3) is 0.895. The molecule has 0 aliphatic carbocycles. The van der Waals surface area contributed by atoms with E-state index in [4.69, 9.17) is 4.74 Å². The van der Waals surface area contributed by atoms with Crippen LogP contribution in [0.2, 0.25) is 0 Å². The summed E-state index contributed by atoms with van der Waals surface area (Å²) in [4.78, 5) is 21.0. The molecule has 0 aromatic carbocycles. The van der Waals surface area contributed by atoms with Crippen LogP contribution in [-0.4, -0.2) is 75.2 Å². The van der Waals surface area contributed by atoms with Gasteiger partial charge in [0.15, 0.2) is 5.96 Å². The van der Waals surface area contributed by atoms with E-state index in [-0.39, 0.29) is 35.9 Å². The second-order valence-electron chi connectivity index (χ2n) is 7.45. The first kappa shape index (κ1) is 23.5. The van der Waals surface area contributed by atoms with Crippen molar-refractivity contribution in [3.8, 4) is 0 Å². The molecule has 2 fully saturated rings. The summed E-state index contributed by atoms with van der Waals surface area (Å²) in [6.07, 6.45) is 7.85. The number of ether oxygens (including phenoxy) is 1. The predicted octanol–water partition coefficient (Wildman–Crippen LogP) is 2.58. The number of nitrogens with one attached hydrogen (secondary N) is 1. The number of aliphatic imine (C=N–C) groups is 1. The summed E-state index contributed by atoms with van der Waals surface area (Å²) >= 11 is 0. The van der Waals surface area contributed by atoms with Gasteiger partial charge in [0, 0.05) is 26.7 Å². The van der Waals surface area contributed by atoms with Crippen LogP contribution in [-0.2, 0) is 9.53 Å². The van der Waals surface area contributed by atoms with Crippen LogP contribution in [0.4, 0.5) is 0 Å². The second-order valence-corrected chi connectivity index (χ2v) is 7.45. The van der Waals surface area contributed by atoms with Crippen molar-refractivity contribution in [2.45, 2.75) is 45.4 Å². The minimum absolute atomic E-state index is 0. The molecule has 2 atom stereocenters. The Balaban J connectivity index is 0.00000338. The molecule has 0 aromatic heterocycles. The molecule has 2 rings (SSSR count). The molecule has 2 aliphatic rings. The molecule has 2 unspecified atom stereocenters. The van der Waals surface area contributed by atoms with Crippen molar-refractivity contribution in [3.05, 3.63) is 0 Å². The molecule has 7 heteroatoms. The van der Waals surface area contributed by atoms with Crippen LogP contribution in [0.25, 0.3) is 0 Å². The number of guanidine groups is 1. The van der Waals surface area contributed by atoms with Crippen molar-refractivity contribution >= 4 is 35.9 Å². The molecule has 26 heavy (non-hydrogen) atoms. The number of hydrogen-bond donors (Lipinski definition) is 1. The van der Waals surface area contributed by atoms with E-state index in [9.17, 15) is 4.79 Å². The summed E-state index contributed by atoms with van der Waals surface area (Å²) in [5.41, 5.74) is 0. The number of piperidine rings is 1. The summed E-state index contributed by atoms with van der Waals surface area (Å²) in [5, 5.41) is 3.46. The van der Waals surface area contributed by atoms with E-state index < -0.39 is 0 Å². The van der Waals surface area contributed by atoms with Gasteiger partial charge >= 0.3 is 5.97 Å². The zero-order valence-electron chi connectivity index (χ0n) is 16.7. The molecular weight excluding hydrogens is 443 g/mol. The number of esters is 1. The van der Waals surface area contributed by atoms with Crippen molar-refractivity contribution in [1.82, 2.24) is 15.1 Å². The lowest BCUT2D eigenvalue weighted by Crippen LogP contribution is -2.41. The van der Waals surface area contributed by atoms with E-state index in [0.717, 1.165) is 25.5 Å². The van der Waals surface area contributed by atoms with E-state index in [1.54, 1.807) is 0 Å². The van der Waals surface area contributed by atoms with Crippen LogP contribution in [0.3, 0.4) is 0 Å². The van der Waals surface area contributed by atoms with Crippen LogP contribution in [0.1, 0.15) is 45.4 Å². The fourth-order valence-corrected chi connectivity index (χ4v) is 3.95. The van der Waals surface area contributed by atoms with E-state index in [1.807, 2.05) is 7.05 Å². The Bertz CT molecular complexity index is 441. The largest absolute Gasteiger partial charge is 0.469 e. The lowest BCUT2D eigenvalue weighted by molar-refractivity contribution is -0.145. The fourth-order valence-electron chi connectivity index (χ4n) is 3.95. The second kappa shape index (κ2) is 12.8. The third-order valence-corrected chi connectivity index (χ3v) is 5.51. The summed E-state index contributed by atoms with van der Waals surface area (Å²) in [5.74, 6) is 1.06. The molecule has 0 bridgehead atoms. The molecule has 0 saturated carbocycles. The average molecular weight is 480 g/mol. The van der Waals surface area contributed by atoms with Gasteiger partial charge in [-0.2, -0.15) is 0 Å². The third kappa shape index (κ3) is 7.21. The minimum Gasteiger partial charge on any atom is -0.469 e. The number of rotatable bonds is 7. The molecule has 0 spiro atoms. The number of carbonyl (C=O) groups is 1. The van der Waals surface area contributed by atoms with Crippen LogP contribution in [0.5, 0.6) is 0 Å². The molecule has 2 aliphatic heterocycles. The highest BCUT2D eigenvalue weighted by atomic mass is 127. The number of nitrogens with zero attached hydrogens (tertiary/aromatic N) is 3. The monoisotopic (exact) mass is 480 g/mol. The lowest BCUT2D eigenvalue weighted by atomic mass is 9.99. The van der Waals surface area contributed by atoms with E-state index in [0.29, 0.717) is 12.5 Å². The van der Waals surface area contributed by atoms with Gasteiger partial charge in [0.05, 0.1) is 13.0 Å². The quantitative estimate of drug-likeness (QED) is 0.200. The zero-order valence-corrected chi connectivity index (χ0v) is 19.0. The van der Waals surface area contributed by atoms with Gasteiger partial charge in [-0.25, -0.2) is 0 Å². The number of methoxy groups -OCH3 is 1. The smallest absolute Gasteiger partial charge is 0.310 e. The molecule has 1 N–H and O–H groups in total. The van der Waals surface area contributed by atoms with Crippen molar-refractivity contribution in [1.29, 1.82) is 0 Å². The maximum Gasteiger partial charge on any atom is 0.310 e. The van der Waals surface area contributed by atoms with Gasteiger partial charge < -0.3 is 19.9 Å². The van der Waals surface area contributed by atoms with E-state index >= 15 is 0 Å². The number of unbranched alkanes of at least 4 members (excludes halogenated alkanes) is 2. The van der Waals surface area contributed by atoms with Crippen molar-refractivity contribution in [3.63, 3.8) is 0 Å². The molecule has 0 aromatic rings. The first-order valence-corrected chi connectivity index (χ1v) is 9.91. The molecule has 2 saturated heterocycles. The SMILES string of the molecule is CN=C(NCCCCCN1CCCCC1)N1CC(C)C(C(=O)OC)C1.I. The summed E-state index contributed by atoms with van der Waals surface area (Å²) in [6, 6.07) is 0. The number of carbonyl (C=O) groups excluding carboxylic acids is 1. The molecule has 0 amide bonds. The van der Waals surface area contributed by atoms with Gasteiger partial charge in [0.2, 0.25) is 0 Å². The van der Waals surface area contributed by atoms with Gasteiger partial charge in [-0.1, -0.05) is 19.8 Å². The number of halogens is 1. The first-order valence-electron chi connectivity index (χ1n) is 9.91. The Labute approximate surface area is 176 Å².